The summed E-state index contributed by atoms with van der Waals surface area (Å²) in [5, 5.41) is 5.82. The lowest BCUT2D eigenvalue weighted by Crippen LogP contribution is -2.33. The van der Waals surface area contributed by atoms with Crippen LogP contribution in [0.2, 0.25) is 0 Å². The number of anilines is 1. The van der Waals surface area contributed by atoms with Gasteiger partial charge in [-0.3, -0.25) is 9.59 Å². The molecule has 0 saturated heterocycles. The summed E-state index contributed by atoms with van der Waals surface area (Å²) >= 11 is 1.29. The molecule has 2 N–H and O–H groups in total. The first-order valence-corrected chi connectivity index (χ1v) is 9.84. The van der Waals surface area contributed by atoms with E-state index in [1.165, 1.54) is 11.8 Å². The first kappa shape index (κ1) is 19.1. The highest BCUT2D eigenvalue weighted by Crippen LogP contribution is 2.31. The van der Waals surface area contributed by atoms with Crippen LogP contribution in [0.1, 0.15) is 18.0 Å². The topological polar surface area (TPSA) is 76.7 Å². The van der Waals surface area contributed by atoms with E-state index >= 15 is 0 Å². The third-order valence-electron chi connectivity index (χ3n) is 4.13. The minimum atomic E-state index is -0.144. The molecule has 1 aliphatic rings. The highest BCUT2D eigenvalue weighted by Gasteiger charge is 2.22. The van der Waals surface area contributed by atoms with Crippen LogP contribution in [-0.2, 0) is 9.59 Å². The molecule has 1 heterocycles. The average Bonchev–Trinajstić information content (AvgIpc) is 2.69. The van der Waals surface area contributed by atoms with Gasteiger partial charge in [0, 0.05) is 17.7 Å². The summed E-state index contributed by atoms with van der Waals surface area (Å²) in [6.45, 7) is 0.583. The van der Waals surface area contributed by atoms with Crippen LogP contribution in [0.25, 0.3) is 0 Å². The number of hydrogen-bond acceptors (Lipinski definition) is 5. The lowest BCUT2D eigenvalue weighted by Gasteiger charge is -2.26. The van der Waals surface area contributed by atoms with Crippen LogP contribution in [0, 0.1) is 0 Å². The number of benzene rings is 2. The number of fused-ring (bicyclic) bond motifs is 1. The van der Waals surface area contributed by atoms with Gasteiger partial charge in [-0.05, 0) is 30.3 Å². The van der Waals surface area contributed by atoms with E-state index < -0.39 is 0 Å². The SMILES string of the molecule is COc1ccc(NC(=O)CSCC(=O)N[C@H]2CCOc3ccccc32)cc1. The molecular weight excluding hydrogens is 364 g/mol. The fourth-order valence-electron chi connectivity index (χ4n) is 2.84. The lowest BCUT2D eigenvalue weighted by atomic mass is 10.0. The number of amides is 2. The molecule has 1 atom stereocenters. The lowest BCUT2D eigenvalue weighted by molar-refractivity contribution is -0.119. The van der Waals surface area contributed by atoms with Crippen LogP contribution in [-0.4, -0.2) is 37.0 Å². The maximum atomic E-state index is 12.2. The number of carbonyl (C=O) groups excluding carboxylic acids is 2. The van der Waals surface area contributed by atoms with E-state index in [0.717, 1.165) is 23.5 Å². The number of methoxy groups -OCH3 is 1. The van der Waals surface area contributed by atoms with Crippen LogP contribution in [0.3, 0.4) is 0 Å². The van der Waals surface area contributed by atoms with Crippen molar-refractivity contribution in [2.45, 2.75) is 12.5 Å². The molecule has 2 amide bonds. The average molecular weight is 386 g/mol. The van der Waals surface area contributed by atoms with Gasteiger partial charge in [-0.15, -0.1) is 11.8 Å². The van der Waals surface area contributed by atoms with Gasteiger partial charge in [0.15, 0.2) is 0 Å². The molecule has 142 valence electrons. The molecule has 0 unspecified atom stereocenters. The van der Waals surface area contributed by atoms with Gasteiger partial charge in [0.05, 0.1) is 31.3 Å². The Hall–Kier alpha value is -2.67. The molecule has 27 heavy (non-hydrogen) atoms. The maximum absolute atomic E-state index is 12.2. The van der Waals surface area contributed by atoms with Crippen molar-refractivity contribution in [3.63, 3.8) is 0 Å². The highest BCUT2D eigenvalue weighted by molar-refractivity contribution is 8.00. The Morgan fingerprint density at radius 2 is 1.85 bits per heavy atom. The van der Waals surface area contributed by atoms with Gasteiger partial charge in [-0.2, -0.15) is 0 Å². The molecule has 2 aromatic rings. The van der Waals surface area contributed by atoms with Crippen molar-refractivity contribution < 1.29 is 19.1 Å². The Kier molecular flexibility index (Phi) is 6.59. The Bertz CT molecular complexity index is 795. The summed E-state index contributed by atoms with van der Waals surface area (Å²) in [7, 11) is 1.59. The van der Waals surface area contributed by atoms with Crippen LogP contribution in [0.15, 0.2) is 48.5 Å². The number of hydrogen-bond donors (Lipinski definition) is 2. The zero-order chi connectivity index (χ0) is 19.1. The number of nitrogens with one attached hydrogen (secondary N) is 2. The highest BCUT2D eigenvalue weighted by atomic mass is 32.2. The van der Waals surface area contributed by atoms with E-state index in [4.69, 9.17) is 9.47 Å². The zero-order valence-electron chi connectivity index (χ0n) is 15.1. The Labute approximate surface area is 162 Å². The smallest absolute Gasteiger partial charge is 0.234 e. The van der Waals surface area contributed by atoms with Crippen molar-refractivity contribution in [3.05, 3.63) is 54.1 Å². The molecule has 0 radical (unpaired) electrons. The number of carbonyl (C=O) groups is 2. The molecule has 0 fully saturated rings. The van der Waals surface area contributed by atoms with Crippen molar-refractivity contribution in [1.29, 1.82) is 0 Å². The van der Waals surface area contributed by atoms with Crippen LogP contribution >= 0.6 is 11.8 Å². The van der Waals surface area contributed by atoms with Gasteiger partial charge in [0.2, 0.25) is 11.8 Å². The Balaban J connectivity index is 1.41. The van der Waals surface area contributed by atoms with Crippen LogP contribution < -0.4 is 20.1 Å². The van der Waals surface area contributed by atoms with Crippen LogP contribution in [0.4, 0.5) is 5.69 Å². The number of rotatable bonds is 7. The molecule has 7 heteroatoms. The summed E-state index contributed by atoms with van der Waals surface area (Å²) in [5.41, 5.74) is 1.70. The van der Waals surface area contributed by atoms with Gasteiger partial charge in [0.1, 0.15) is 11.5 Å². The van der Waals surface area contributed by atoms with Crippen molar-refractivity contribution in [3.8, 4) is 11.5 Å². The molecule has 0 aliphatic carbocycles. The number of thioether (sulfide) groups is 1. The normalized spacial score (nSPS) is 15.2. The predicted molar refractivity (Wildman–Crippen MR) is 106 cm³/mol. The minimum Gasteiger partial charge on any atom is -0.497 e. The number of para-hydroxylation sites is 1. The quantitative estimate of drug-likeness (QED) is 0.765. The van der Waals surface area contributed by atoms with E-state index in [-0.39, 0.29) is 29.4 Å². The summed E-state index contributed by atoms with van der Waals surface area (Å²) < 4.78 is 10.7. The second-order valence-electron chi connectivity index (χ2n) is 6.06. The van der Waals surface area contributed by atoms with Gasteiger partial charge in [0.25, 0.3) is 0 Å². The number of ether oxygens (including phenoxy) is 2. The van der Waals surface area contributed by atoms with Crippen molar-refractivity contribution in [1.82, 2.24) is 5.32 Å². The molecule has 0 saturated carbocycles. The summed E-state index contributed by atoms with van der Waals surface area (Å²) in [4.78, 5) is 24.2. The van der Waals surface area contributed by atoms with E-state index in [2.05, 4.69) is 10.6 Å². The van der Waals surface area contributed by atoms with E-state index in [1.54, 1.807) is 31.4 Å². The summed E-state index contributed by atoms with van der Waals surface area (Å²) in [5.74, 6) is 1.77. The van der Waals surface area contributed by atoms with Crippen molar-refractivity contribution >= 4 is 29.3 Å². The second kappa shape index (κ2) is 9.32. The van der Waals surface area contributed by atoms with E-state index in [0.29, 0.717) is 12.3 Å². The maximum Gasteiger partial charge on any atom is 0.234 e. The summed E-state index contributed by atoms with van der Waals surface area (Å²) in [6, 6.07) is 14.8. The molecule has 3 rings (SSSR count). The molecule has 0 aromatic heterocycles. The fraction of sp³-hybridized carbons (Fsp3) is 0.300. The van der Waals surface area contributed by atoms with Crippen molar-refractivity contribution in [2.75, 3.05) is 30.5 Å². The Morgan fingerprint density at radius 1 is 1.11 bits per heavy atom. The third-order valence-corrected chi connectivity index (χ3v) is 5.07. The molecule has 1 aliphatic heterocycles. The first-order chi connectivity index (χ1) is 13.2. The first-order valence-electron chi connectivity index (χ1n) is 8.68. The predicted octanol–water partition coefficient (Wildman–Crippen LogP) is 3.01. The standard InChI is InChI=1S/C20H22N2O4S/c1-25-15-8-6-14(7-9-15)21-19(23)12-27-13-20(24)22-17-10-11-26-18-5-3-2-4-16(17)18/h2-9,17H,10-13H2,1H3,(H,21,23)(H,22,24)/t17-/m0/s1. The molecular formula is C20H22N2O4S. The molecule has 2 aromatic carbocycles. The molecule has 0 spiro atoms. The van der Waals surface area contributed by atoms with Crippen LogP contribution in [0.5, 0.6) is 11.5 Å². The van der Waals surface area contributed by atoms with Gasteiger partial charge in [-0.1, -0.05) is 18.2 Å². The van der Waals surface area contributed by atoms with Crippen molar-refractivity contribution in [2.24, 2.45) is 0 Å². The Morgan fingerprint density at radius 3 is 2.63 bits per heavy atom. The summed E-state index contributed by atoms with van der Waals surface area (Å²) in [6.07, 6.45) is 0.741. The van der Waals surface area contributed by atoms with Gasteiger partial charge < -0.3 is 20.1 Å². The van der Waals surface area contributed by atoms with E-state index in [9.17, 15) is 9.59 Å². The monoisotopic (exact) mass is 386 g/mol. The largest absolute Gasteiger partial charge is 0.497 e. The van der Waals surface area contributed by atoms with Gasteiger partial charge >= 0.3 is 0 Å². The minimum absolute atomic E-state index is 0.0452. The molecule has 6 nitrogen and oxygen atoms in total. The van der Waals surface area contributed by atoms with Gasteiger partial charge in [-0.25, -0.2) is 0 Å². The zero-order valence-corrected chi connectivity index (χ0v) is 15.9. The van der Waals surface area contributed by atoms with E-state index in [1.807, 2.05) is 24.3 Å². The molecule has 0 bridgehead atoms. The second-order valence-corrected chi connectivity index (χ2v) is 7.05. The third kappa shape index (κ3) is 5.40. The fourth-order valence-corrected chi connectivity index (χ4v) is 3.46.